The van der Waals surface area contributed by atoms with Crippen LogP contribution in [0.25, 0.3) is 0 Å². The average Bonchev–Trinajstić information content (AvgIpc) is 3.35. The van der Waals surface area contributed by atoms with Crippen LogP contribution in [0.2, 0.25) is 0 Å². The number of carboxylic acid groups (broad SMARTS) is 2. The highest BCUT2D eigenvalue weighted by Crippen LogP contribution is 2.07. The minimum atomic E-state index is -1.68. The Morgan fingerprint density at radius 3 is 2.00 bits per heavy atom. The molecule has 15 heteroatoms. The van der Waals surface area contributed by atoms with Gasteiger partial charge in [-0.2, -0.15) is 0 Å². The minimum Gasteiger partial charge on any atom is -0.481 e. The van der Waals surface area contributed by atoms with Gasteiger partial charge < -0.3 is 42.6 Å². The monoisotopic (exact) mass is 531 g/mol. The number of hydrogen-bond donors (Lipinski definition) is 8. The number of H-pyrrole nitrogens is 1. The van der Waals surface area contributed by atoms with Crippen molar-refractivity contribution in [2.75, 3.05) is 0 Å². The zero-order valence-electron chi connectivity index (χ0n) is 20.1. The predicted molar refractivity (Wildman–Crippen MR) is 130 cm³/mol. The minimum absolute atomic E-state index is 0.0688. The number of primary amides is 1. The van der Waals surface area contributed by atoms with Gasteiger partial charge in [-0.25, -0.2) is 9.78 Å². The molecule has 1 aromatic carbocycles. The van der Waals surface area contributed by atoms with E-state index in [9.17, 15) is 39.0 Å². The van der Waals surface area contributed by atoms with Gasteiger partial charge >= 0.3 is 11.9 Å². The second-order valence-corrected chi connectivity index (χ2v) is 8.37. The van der Waals surface area contributed by atoms with Crippen LogP contribution < -0.4 is 27.4 Å². The van der Waals surface area contributed by atoms with E-state index in [2.05, 4.69) is 25.9 Å². The molecule has 4 atom stereocenters. The van der Waals surface area contributed by atoms with Gasteiger partial charge in [-0.1, -0.05) is 30.3 Å². The van der Waals surface area contributed by atoms with Crippen LogP contribution in [0.5, 0.6) is 0 Å². The summed E-state index contributed by atoms with van der Waals surface area (Å²) in [5.41, 5.74) is 11.7. The second-order valence-electron chi connectivity index (χ2n) is 8.37. The number of aromatic nitrogens is 2. The molecule has 0 saturated carbocycles. The number of carbonyl (C=O) groups is 6. The largest absolute Gasteiger partial charge is 0.481 e. The van der Waals surface area contributed by atoms with E-state index in [0.717, 1.165) is 0 Å². The van der Waals surface area contributed by atoms with Gasteiger partial charge in [-0.15, -0.1) is 0 Å². The van der Waals surface area contributed by atoms with Crippen LogP contribution in [0.3, 0.4) is 0 Å². The maximum absolute atomic E-state index is 13.1. The summed E-state index contributed by atoms with van der Waals surface area (Å²) in [5, 5.41) is 25.6. The van der Waals surface area contributed by atoms with E-state index < -0.39 is 72.6 Å². The quantitative estimate of drug-likeness (QED) is 0.119. The number of amides is 4. The average molecular weight is 532 g/mol. The van der Waals surface area contributed by atoms with E-state index in [4.69, 9.17) is 11.5 Å². The molecule has 2 aromatic rings. The molecule has 0 aliphatic heterocycles. The summed E-state index contributed by atoms with van der Waals surface area (Å²) in [7, 11) is 0. The van der Waals surface area contributed by atoms with Crippen molar-refractivity contribution in [2.45, 2.75) is 49.9 Å². The normalized spacial score (nSPS) is 13.8. The molecule has 4 amide bonds. The number of benzene rings is 1. The number of aliphatic carboxylic acids is 2. The maximum atomic E-state index is 13.1. The Bertz CT molecular complexity index is 1140. The lowest BCUT2D eigenvalue weighted by Gasteiger charge is -2.24. The Morgan fingerprint density at radius 1 is 0.842 bits per heavy atom. The van der Waals surface area contributed by atoms with E-state index in [-0.39, 0.29) is 12.8 Å². The molecular formula is C23H29N7O8. The summed E-state index contributed by atoms with van der Waals surface area (Å²) >= 11 is 0. The van der Waals surface area contributed by atoms with E-state index in [1.807, 2.05) is 0 Å². The van der Waals surface area contributed by atoms with Gasteiger partial charge in [0.2, 0.25) is 23.6 Å². The zero-order valence-corrected chi connectivity index (χ0v) is 20.1. The maximum Gasteiger partial charge on any atom is 0.326 e. The first-order chi connectivity index (χ1) is 18.0. The number of aromatic amines is 1. The van der Waals surface area contributed by atoms with Crippen LogP contribution in [0.1, 0.15) is 24.1 Å². The Balaban J connectivity index is 2.21. The second kappa shape index (κ2) is 14.1. The van der Waals surface area contributed by atoms with Gasteiger partial charge in [0, 0.05) is 24.7 Å². The standard InChI is InChI=1S/C23H29N7O8/c24-14(8-18(25)31)20(34)28-15(6-12-4-2-1-3-5-12)21(35)29-16(9-19(32)33)22(36)30-17(23(37)38)7-13-10-26-11-27-13/h1-5,10-11,14-17H,6-9,24H2,(H2,25,31)(H,26,27)(H,28,34)(H,29,35)(H,30,36)(H,32,33)(H,37,38). The Labute approximate surface area is 216 Å². The fourth-order valence-electron chi connectivity index (χ4n) is 3.39. The lowest BCUT2D eigenvalue weighted by atomic mass is 10.0. The summed E-state index contributed by atoms with van der Waals surface area (Å²) in [6.07, 6.45) is 1.07. The summed E-state index contributed by atoms with van der Waals surface area (Å²) in [6.45, 7) is 0. The van der Waals surface area contributed by atoms with E-state index in [1.165, 1.54) is 12.5 Å². The predicted octanol–water partition coefficient (Wildman–Crippen LogP) is -2.59. The molecule has 1 aromatic heterocycles. The van der Waals surface area contributed by atoms with Crippen LogP contribution in [-0.4, -0.2) is 79.9 Å². The Morgan fingerprint density at radius 2 is 1.45 bits per heavy atom. The molecule has 10 N–H and O–H groups in total. The van der Waals surface area contributed by atoms with Crippen molar-refractivity contribution in [3.05, 3.63) is 54.1 Å². The molecule has 1 heterocycles. The van der Waals surface area contributed by atoms with Crippen molar-refractivity contribution >= 4 is 35.6 Å². The van der Waals surface area contributed by atoms with Crippen molar-refractivity contribution in [1.82, 2.24) is 25.9 Å². The van der Waals surface area contributed by atoms with Crippen molar-refractivity contribution in [3.8, 4) is 0 Å². The highest BCUT2D eigenvalue weighted by Gasteiger charge is 2.32. The summed E-state index contributed by atoms with van der Waals surface area (Å²) in [6, 6.07) is 2.64. The molecule has 0 fully saturated rings. The zero-order chi connectivity index (χ0) is 28.2. The Kier molecular flexibility index (Phi) is 10.9. The van der Waals surface area contributed by atoms with Gasteiger partial charge in [-0.3, -0.25) is 24.0 Å². The summed E-state index contributed by atoms with van der Waals surface area (Å²) in [4.78, 5) is 79.1. The van der Waals surface area contributed by atoms with E-state index >= 15 is 0 Å². The molecular weight excluding hydrogens is 502 g/mol. The van der Waals surface area contributed by atoms with Crippen molar-refractivity contribution in [2.24, 2.45) is 11.5 Å². The van der Waals surface area contributed by atoms with Crippen molar-refractivity contribution in [3.63, 3.8) is 0 Å². The molecule has 0 bridgehead atoms. The lowest BCUT2D eigenvalue weighted by molar-refractivity contribution is -0.143. The van der Waals surface area contributed by atoms with Crippen LogP contribution in [-0.2, 0) is 41.6 Å². The fraction of sp³-hybridized carbons (Fsp3) is 0.348. The van der Waals surface area contributed by atoms with Gasteiger partial charge in [0.1, 0.15) is 18.1 Å². The highest BCUT2D eigenvalue weighted by atomic mass is 16.4. The number of imidazole rings is 1. The molecule has 0 aliphatic carbocycles. The number of carboxylic acids is 2. The van der Waals surface area contributed by atoms with Crippen LogP contribution in [0.4, 0.5) is 0 Å². The van der Waals surface area contributed by atoms with Crippen molar-refractivity contribution < 1.29 is 39.0 Å². The molecule has 204 valence electrons. The van der Waals surface area contributed by atoms with Gasteiger partial charge in [-0.05, 0) is 5.56 Å². The van der Waals surface area contributed by atoms with Gasteiger partial charge in [0.25, 0.3) is 0 Å². The molecule has 15 nitrogen and oxygen atoms in total. The summed E-state index contributed by atoms with van der Waals surface area (Å²) in [5.74, 6) is -6.55. The smallest absolute Gasteiger partial charge is 0.326 e. The Hall–Kier alpha value is -4.79. The van der Waals surface area contributed by atoms with Gasteiger partial charge in [0.15, 0.2) is 0 Å². The SMILES string of the molecule is NC(=O)CC(N)C(=O)NC(Cc1ccccc1)C(=O)NC(CC(=O)O)C(=O)NC(Cc1cnc[nH]1)C(=O)O. The fourth-order valence-corrected chi connectivity index (χ4v) is 3.39. The number of nitrogens with one attached hydrogen (secondary N) is 4. The first kappa shape index (κ1) is 29.4. The lowest BCUT2D eigenvalue weighted by Crippen LogP contribution is -2.58. The van der Waals surface area contributed by atoms with E-state index in [0.29, 0.717) is 11.3 Å². The molecule has 2 rings (SSSR count). The number of carbonyl (C=O) groups excluding carboxylic acids is 4. The van der Waals surface area contributed by atoms with Crippen LogP contribution >= 0.6 is 0 Å². The summed E-state index contributed by atoms with van der Waals surface area (Å²) < 4.78 is 0. The molecule has 0 spiro atoms. The molecule has 0 radical (unpaired) electrons. The number of nitrogens with two attached hydrogens (primary N) is 2. The molecule has 38 heavy (non-hydrogen) atoms. The third kappa shape index (κ3) is 9.69. The highest BCUT2D eigenvalue weighted by molar-refractivity contribution is 5.96. The van der Waals surface area contributed by atoms with Gasteiger partial charge in [0.05, 0.1) is 25.2 Å². The number of rotatable bonds is 15. The third-order valence-electron chi connectivity index (χ3n) is 5.28. The van der Waals surface area contributed by atoms with Crippen LogP contribution in [0.15, 0.2) is 42.9 Å². The van der Waals surface area contributed by atoms with Crippen LogP contribution in [0, 0.1) is 0 Å². The molecule has 4 unspecified atom stereocenters. The number of hydrogen-bond acceptors (Lipinski definition) is 8. The topological polar surface area (TPSA) is 260 Å². The number of nitrogens with zero attached hydrogens (tertiary/aromatic N) is 1. The first-order valence-electron chi connectivity index (χ1n) is 11.4. The molecule has 0 aliphatic rings. The molecule has 0 saturated heterocycles. The third-order valence-corrected chi connectivity index (χ3v) is 5.28. The van der Waals surface area contributed by atoms with E-state index in [1.54, 1.807) is 30.3 Å². The van der Waals surface area contributed by atoms with Crippen molar-refractivity contribution in [1.29, 1.82) is 0 Å². The first-order valence-corrected chi connectivity index (χ1v) is 11.4.